The van der Waals surface area contributed by atoms with Crippen LogP contribution >= 0.6 is 0 Å². The summed E-state index contributed by atoms with van der Waals surface area (Å²) in [6.45, 7) is 17.4. The number of fused-ring (bicyclic) bond motifs is 8. The molecule has 0 heterocycles. The van der Waals surface area contributed by atoms with Gasteiger partial charge in [-0.05, 0) is 57.1 Å². The van der Waals surface area contributed by atoms with E-state index in [4.69, 9.17) is 9.47 Å². The zero-order chi connectivity index (χ0) is 39.5. The van der Waals surface area contributed by atoms with Crippen LogP contribution in [0.5, 0.6) is 23.0 Å². The van der Waals surface area contributed by atoms with Crippen molar-refractivity contribution >= 4 is 11.4 Å². The minimum Gasteiger partial charge on any atom is -0.507 e. The Hall–Kier alpha value is -5.12. The van der Waals surface area contributed by atoms with Crippen molar-refractivity contribution in [3.05, 3.63) is 124 Å². The molecule has 10 heteroatoms. The Kier molecular flexibility index (Phi) is 11.9. The lowest BCUT2D eigenvalue weighted by molar-refractivity contribution is -0.385. The number of non-ortho nitro benzene ring substituents is 2. The largest absolute Gasteiger partial charge is 0.507 e. The van der Waals surface area contributed by atoms with Crippen LogP contribution in [0.2, 0.25) is 0 Å². The van der Waals surface area contributed by atoms with Gasteiger partial charge in [-0.2, -0.15) is 0 Å². The highest BCUT2D eigenvalue weighted by Gasteiger charge is 2.28. The molecule has 0 atom stereocenters. The number of benzene rings is 4. The molecule has 0 spiro atoms. The number of phenols is 2. The van der Waals surface area contributed by atoms with Crippen molar-refractivity contribution in [1.82, 2.24) is 0 Å². The molecular weight excluding hydrogens is 684 g/mol. The number of ether oxygens (including phenoxy) is 2. The van der Waals surface area contributed by atoms with Crippen LogP contribution in [0.25, 0.3) is 0 Å². The zero-order valence-corrected chi connectivity index (χ0v) is 32.9. The second kappa shape index (κ2) is 16.1. The molecule has 288 valence electrons. The first-order chi connectivity index (χ1) is 25.4. The smallest absolute Gasteiger partial charge is 0.270 e. The average molecular weight is 739 g/mol. The third kappa shape index (κ3) is 8.97. The molecule has 4 aromatic carbocycles. The maximum absolute atomic E-state index is 12.4. The quantitative estimate of drug-likeness (QED) is 0.0818. The fraction of sp³-hybridized carbons (Fsp3) is 0.455. The third-order valence-electron chi connectivity index (χ3n) is 10.2. The van der Waals surface area contributed by atoms with Gasteiger partial charge in [-0.25, -0.2) is 0 Å². The maximum atomic E-state index is 12.4. The van der Waals surface area contributed by atoms with Gasteiger partial charge in [0, 0.05) is 72.2 Å². The molecule has 0 aliphatic heterocycles. The number of aromatic hydroxyl groups is 2. The monoisotopic (exact) mass is 738 g/mol. The molecule has 5 rings (SSSR count). The Morgan fingerprint density at radius 1 is 0.537 bits per heavy atom. The normalized spacial score (nSPS) is 13.0. The van der Waals surface area contributed by atoms with Crippen LogP contribution in [0, 0.1) is 20.2 Å². The summed E-state index contributed by atoms with van der Waals surface area (Å²) >= 11 is 0. The molecule has 0 saturated carbocycles. The van der Waals surface area contributed by atoms with Crippen LogP contribution in [0.4, 0.5) is 11.4 Å². The summed E-state index contributed by atoms with van der Waals surface area (Å²) in [7, 11) is 0. The lowest BCUT2D eigenvalue weighted by Crippen LogP contribution is -2.15. The van der Waals surface area contributed by atoms with E-state index in [0.29, 0.717) is 69.2 Å². The van der Waals surface area contributed by atoms with Crippen LogP contribution in [-0.2, 0) is 36.5 Å². The molecule has 0 amide bonds. The number of rotatable bonds is 10. The van der Waals surface area contributed by atoms with Crippen LogP contribution in [0.15, 0.2) is 48.5 Å². The lowest BCUT2D eigenvalue weighted by Gasteiger charge is -2.26. The highest BCUT2D eigenvalue weighted by Crippen LogP contribution is 2.43. The van der Waals surface area contributed by atoms with Crippen molar-refractivity contribution in [3.8, 4) is 23.0 Å². The van der Waals surface area contributed by atoms with Gasteiger partial charge >= 0.3 is 0 Å². The summed E-state index contributed by atoms with van der Waals surface area (Å²) in [5.74, 6) is 1.01. The van der Waals surface area contributed by atoms with E-state index in [9.17, 15) is 30.4 Å². The van der Waals surface area contributed by atoms with Gasteiger partial charge in [0.25, 0.3) is 11.4 Å². The van der Waals surface area contributed by atoms with Gasteiger partial charge in [0.1, 0.15) is 23.0 Å². The molecule has 8 bridgehead atoms. The Balaban J connectivity index is 1.91. The molecule has 10 nitrogen and oxygen atoms in total. The second-order valence-electron chi connectivity index (χ2n) is 16.6. The van der Waals surface area contributed by atoms with Gasteiger partial charge < -0.3 is 19.7 Å². The van der Waals surface area contributed by atoms with Gasteiger partial charge in [-0.1, -0.05) is 92.5 Å². The Labute approximate surface area is 318 Å². The van der Waals surface area contributed by atoms with Crippen LogP contribution in [-0.4, -0.2) is 33.3 Å². The predicted molar refractivity (Wildman–Crippen MR) is 212 cm³/mol. The average Bonchev–Trinajstić information content (AvgIpc) is 3.08. The van der Waals surface area contributed by atoms with Gasteiger partial charge in [-0.15, -0.1) is 0 Å². The van der Waals surface area contributed by atoms with Gasteiger partial charge in [-0.3, -0.25) is 20.2 Å². The fourth-order valence-corrected chi connectivity index (χ4v) is 6.96. The number of hydrogen-bond donors (Lipinski definition) is 2. The van der Waals surface area contributed by atoms with E-state index in [2.05, 4.69) is 55.4 Å². The van der Waals surface area contributed by atoms with Crippen molar-refractivity contribution in [2.45, 2.75) is 118 Å². The van der Waals surface area contributed by atoms with E-state index in [0.717, 1.165) is 36.8 Å². The van der Waals surface area contributed by atoms with E-state index in [-0.39, 0.29) is 59.4 Å². The molecule has 0 fully saturated rings. The molecular formula is C44H54N2O8. The summed E-state index contributed by atoms with van der Waals surface area (Å²) in [5, 5.41) is 48.9. The standard InChI is InChI=1S/C44H54N2O8/c1-9-11-13-53-41-31-15-27-23-37(45(49)50)25-29(39(27)47)17-33-21-36(44(6,7)8)22-34(42(33)54-14-12-10-2)18-30-26-38(46(51)52)24-28(40(30)48)16-32(41)20-35(19-31)43(3,4)5/h19-26,47-48H,9-18H2,1-8H3. The maximum Gasteiger partial charge on any atom is 0.270 e. The number of phenolic OH excluding ortho intramolecular Hbond substituents is 2. The molecule has 4 aromatic rings. The first kappa shape index (κ1) is 40.1. The van der Waals surface area contributed by atoms with Crippen molar-refractivity contribution in [1.29, 1.82) is 0 Å². The highest BCUT2D eigenvalue weighted by atomic mass is 16.6. The SMILES string of the molecule is CCCCOc1c2cc(C(C)(C)C)cc1Cc1cc([N+](=O)[O-])cc(c1O)Cc1cc(C(C)(C)C)cc(c1OCCCC)Cc1cc([N+](=O)[O-])cc(c1O)C2. The third-order valence-corrected chi connectivity index (χ3v) is 10.2. The number of hydrogen-bond acceptors (Lipinski definition) is 8. The molecule has 1 aliphatic rings. The molecule has 0 saturated heterocycles. The van der Waals surface area contributed by atoms with E-state index in [1.165, 1.54) is 24.3 Å². The van der Waals surface area contributed by atoms with E-state index < -0.39 is 9.85 Å². The van der Waals surface area contributed by atoms with Gasteiger partial charge in [0.2, 0.25) is 0 Å². The minimum atomic E-state index is -0.432. The molecule has 0 radical (unpaired) electrons. The lowest BCUT2D eigenvalue weighted by atomic mass is 9.81. The summed E-state index contributed by atoms with van der Waals surface area (Å²) < 4.78 is 13.0. The summed E-state index contributed by atoms with van der Waals surface area (Å²) in [5.41, 5.74) is 5.35. The predicted octanol–water partition coefficient (Wildman–Crippen LogP) is 10.5. The summed E-state index contributed by atoms with van der Waals surface area (Å²) in [6, 6.07) is 13.8. The Morgan fingerprint density at radius 2 is 0.815 bits per heavy atom. The van der Waals surface area contributed by atoms with Crippen molar-refractivity contribution < 1.29 is 29.5 Å². The van der Waals surface area contributed by atoms with E-state index in [1.807, 2.05) is 24.3 Å². The summed E-state index contributed by atoms with van der Waals surface area (Å²) in [6.07, 6.45) is 3.81. The molecule has 2 N–H and O–H groups in total. The molecule has 0 aromatic heterocycles. The number of nitro benzene ring substituents is 2. The molecule has 1 aliphatic carbocycles. The minimum absolute atomic E-state index is 0.0318. The van der Waals surface area contributed by atoms with E-state index in [1.54, 1.807) is 0 Å². The highest BCUT2D eigenvalue weighted by molar-refractivity contribution is 5.60. The number of nitrogens with zero attached hydrogens (tertiary/aromatic N) is 2. The Morgan fingerprint density at radius 3 is 1.04 bits per heavy atom. The number of unbranched alkanes of at least 4 members (excludes halogenated alkanes) is 2. The van der Waals surface area contributed by atoms with Crippen LogP contribution in [0.3, 0.4) is 0 Å². The van der Waals surface area contributed by atoms with Crippen molar-refractivity contribution in [3.63, 3.8) is 0 Å². The molecule has 0 unspecified atom stereocenters. The second-order valence-corrected chi connectivity index (χ2v) is 16.6. The number of nitro groups is 2. The fourth-order valence-electron chi connectivity index (χ4n) is 6.96. The Bertz CT molecular complexity index is 1810. The summed E-state index contributed by atoms with van der Waals surface area (Å²) in [4.78, 5) is 24.0. The first-order valence-corrected chi connectivity index (χ1v) is 19.0. The first-order valence-electron chi connectivity index (χ1n) is 19.0. The van der Waals surface area contributed by atoms with Crippen molar-refractivity contribution in [2.75, 3.05) is 13.2 Å². The van der Waals surface area contributed by atoms with Crippen LogP contribution in [0.1, 0.15) is 137 Å². The van der Waals surface area contributed by atoms with E-state index >= 15 is 0 Å². The van der Waals surface area contributed by atoms with Gasteiger partial charge in [0.05, 0.1) is 23.1 Å². The van der Waals surface area contributed by atoms with Gasteiger partial charge in [0.15, 0.2) is 0 Å². The molecule has 54 heavy (non-hydrogen) atoms. The van der Waals surface area contributed by atoms with Crippen molar-refractivity contribution in [2.24, 2.45) is 0 Å². The topological polar surface area (TPSA) is 145 Å². The zero-order valence-electron chi connectivity index (χ0n) is 32.9. The van der Waals surface area contributed by atoms with Crippen LogP contribution < -0.4 is 9.47 Å².